The maximum absolute atomic E-state index is 11.0. The van der Waals surface area contributed by atoms with E-state index in [4.69, 9.17) is 5.11 Å². The fraction of sp³-hybridized carbons (Fsp3) is 0.750. The van der Waals surface area contributed by atoms with Crippen molar-refractivity contribution in [1.29, 1.82) is 0 Å². The molecule has 0 saturated heterocycles. The fourth-order valence-electron chi connectivity index (χ4n) is 0.705. The lowest BCUT2D eigenvalue weighted by Crippen LogP contribution is -2.19. The van der Waals surface area contributed by atoms with E-state index in [1.165, 1.54) is 6.92 Å². The van der Waals surface area contributed by atoms with E-state index in [9.17, 15) is 9.59 Å². The van der Waals surface area contributed by atoms with Gasteiger partial charge in [-0.2, -0.15) is 0 Å². The molecule has 0 fully saturated rings. The number of carbonyl (C=O) groups is 2. The molecule has 64 valence electrons. The summed E-state index contributed by atoms with van der Waals surface area (Å²) >= 11 is 0. The van der Waals surface area contributed by atoms with Crippen LogP contribution in [0.2, 0.25) is 0 Å². The number of carboxylic acid groups (broad SMARTS) is 1. The summed E-state index contributed by atoms with van der Waals surface area (Å²) in [6.45, 7) is 3.40. The van der Waals surface area contributed by atoms with Crippen LogP contribution in [0.25, 0.3) is 0 Å². The predicted octanol–water partition coefficient (Wildman–Crippen LogP) is 1.47. The van der Waals surface area contributed by atoms with E-state index < -0.39 is 11.9 Å². The van der Waals surface area contributed by atoms with Crippen molar-refractivity contribution in [1.82, 2.24) is 0 Å². The van der Waals surface area contributed by atoms with Gasteiger partial charge in [-0.25, -0.2) is 0 Å². The van der Waals surface area contributed by atoms with Gasteiger partial charge in [-0.15, -0.1) is 0 Å². The van der Waals surface area contributed by atoms with Gasteiger partial charge >= 0.3 is 5.97 Å². The second-order valence-corrected chi connectivity index (χ2v) is 2.63. The van der Waals surface area contributed by atoms with Crippen molar-refractivity contribution < 1.29 is 14.7 Å². The Kier molecular flexibility index (Phi) is 4.50. The Morgan fingerprint density at radius 3 is 2.36 bits per heavy atom. The molecular weight excluding hydrogens is 144 g/mol. The minimum atomic E-state index is -1.02. The summed E-state index contributed by atoms with van der Waals surface area (Å²) in [6.07, 6.45) is 2.11. The first kappa shape index (κ1) is 10.1. The van der Waals surface area contributed by atoms with Crippen LogP contribution in [-0.2, 0) is 9.59 Å². The zero-order valence-corrected chi connectivity index (χ0v) is 6.96. The predicted molar refractivity (Wildman–Crippen MR) is 41.3 cm³/mol. The van der Waals surface area contributed by atoms with Crippen LogP contribution in [0.4, 0.5) is 0 Å². The second kappa shape index (κ2) is 4.88. The molecule has 0 heterocycles. The normalized spacial score (nSPS) is 12.5. The van der Waals surface area contributed by atoms with Crippen LogP contribution in [0, 0.1) is 5.92 Å². The molecule has 3 heteroatoms. The van der Waals surface area contributed by atoms with Crippen LogP contribution in [-0.4, -0.2) is 16.9 Å². The summed E-state index contributed by atoms with van der Waals surface area (Å²) < 4.78 is 0. The highest BCUT2D eigenvalue weighted by molar-refractivity contribution is 5.97. The Bertz CT molecular complexity index is 151. The molecule has 0 aromatic heterocycles. The third kappa shape index (κ3) is 3.75. The van der Waals surface area contributed by atoms with E-state index in [1.807, 2.05) is 6.92 Å². The lowest BCUT2D eigenvalue weighted by Gasteiger charge is -2.02. The molecule has 3 nitrogen and oxygen atoms in total. The zero-order valence-electron chi connectivity index (χ0n) is 6.96. The highest BCUT2D eigenvalue weighted by Gasteiger charge is 2.18. The van der Waals surface area contributed by atoms with Crippen LogP contribution >= 0.6 is 0 Å². The van der Waals surface area contributed by atoms with Crippen LogP contribution in [0.3, 0.4) is 0 Å². The van der Waals surface area contributed by atoms with E-state index in [0.29, 0.717) is 6.42 Å². The molecule has 1 unspecified atom stereocenters. The lowest BCUT2D eigenvalue weighted by atomic mass is 10.0. The lowest BCUT2D eigenvalue weighted by molar-refractivity contribution is -0.145. The van der Waals surface area contributed by atoms with Gasteiger partial charge in [0.15, 0.2) is 0 Å². The molecule has 0 radical (unpaired) electrons. The molecule has 1 N–H and O–H groups in total. The van der Waals surface area contributed by atoms with Crippen molar-refractivity contribution in [2.45, 2.75) is 33.1 Å². The maximum atomic E-state index is 11.0. The van der Waals surface area contributed by atoms with Crippen molar-refractivity contribution in [3.63, 3.8) is 0 Å². The van der Waals surface area contributed by atoms with Gasteiger partial charge in [0.1, 0.15) is 11.7 Å². The summed E-state index contributed by atoms with van der Waals surface area (Å²) in [7, 11) is 0. The SMILES string of the molecule is CCCCC(=O)C(C)C(=O)O. The van der Waals surface area contributed by atoms with Crippen molar-refractivity contribution in [3.8, 4) is 0 Å². The average Bonchev–Trinajstić information content (AvgIpc) is 1.98. The van der Waals surface area contributed by atoms with E-state index >= 15 is 0 Å². The minimum absolute atomic E-state index is 0.167. The largest absolute Gasteiger partial charge is 0.481 e. The standard InChI is InChI=1S/C8H14O3/c1-3-4-5-7(9)6(2)8(10)11/h6H,3-5H2,1-2H3,(H,10,11). The van der Waals surface area contributed by atoms with Gasteiger partial charge in [0.05, 0.1) is 0 Å². The van der Waals surface area contributed by atoms with Gasteiger partial charge in [-0.3, -0.25) is 9.59 Å². The van der Waals surface area contributed by atoms with Crippen LogP contribution in [0.5, 0.6) is 0 Å². The summed E-state index contributed by atoms with van der Waals surface area (Å²) in [6, 6.07) is 0. The fourth-order valence-corrected chi connectivity index (χ4v) is 0.705. The van der Waals surface area contributed by atoms with Crippen LogP contribution in [0.15, 0.2) is 0 Å². The molecule has 0 bridgehead atoms. The van der Waals surface area contributed by atoms with E-state index in [1.54, 1.807) is 0 Å². The molecule has 0 rings (SSSR count). The van der Waals surface area contributed by atoms with E-state index in [-0.39, 0.29) is 5.78 Å². The second-order valence-electron chi connectivity index (χ2n) is 2.63. The van der Waals surface area contributed by atoms with Crippen molar-refractivity contribution in [2.24, 2.45) is 5.92 Å². The number of hydrogen-bond donors (Lipinski definition) is 1. The van der Waals surface area contributed by atoms with Gasteiger partial charge in [0.2, 0.25) is 0 Å². The number of Topliss-reactive ketones (excluding diaryl/α,β-unsaturated/α-hetero) is 1. The average molecular weight is 158 g/mol. The molecule has 0 spiro atoms. The number of carboxylic acids is 1. The topological polar surface area (TPSA) is 54.4 Å². The number of rotatable bonds is 5. The van der Waals surface area contributed by atoms with Gasteiger partial charge in [-0.05, 0) is 13.3 Å². The zero-order chi connectivity index (χ0) is 8.85. The highest BCUT2D eigenvalue weighted by Crippen LogP contribution is 2.04. The quantitative estimate of drug-likeness (QED) is 0.616. The van der Waals surface area contributed by atoms with Crippen LogP contribution < -0.4 is 0 Å². The van der Waals surface area contributed by atoms with Gasteiger partial charge in [0.25, 0.3) is 0 Å². The number of hydrogen-bond acceptors (Lipinski definition) is 2. The Hall–Kier alpha value is -0.860. The first-order chi connectivity index (χ1) is 5.09. The summed E-state index contributed by atoms with van der Waals surface area (Å²) in [5.41, 5.74) is 0. The first-order valence-corrected chi connectivity index (χ1v) is 3.85. The van der Waals surface area contributed by atoms with Crippen molar-refractivity contribution in [3.05, 3.63) is 0 Å². The first-order valence-electron chi connectivity index (χ1n) is 3.85. The summed E-state index contributed by atoms with van der Waals surface area (Å²) in [5.74, 6) is -2.02. The third-order valence-electron chi connectivity index (χ3n) is 1.63. The van der Waals surface area contributed by atoms with Crippen molar-refractivity contribution in [2.75, 3.05) is 0 Å². The molecule has 0 aromatic carbocycles. The smallest absolute Gasteiger partial charge is 0.313 e. The highest BCUT2D eigenvalue weighted by atomic mass is 16.4. The molecule has 0 aromatic rings. The number of unbranched alkanes of at least 4 members (excludes halogenated alkanes) is 1. The maximum Gasteiger partial charge on any atom is 0.313 e. The molecule has 0 aliphatic rings. The Balaban J connectivity index is 3.74. The number of carbonyl (C=O) groups excluding carboxylic acids is 1. The number of ketones is 1. The Morgan fingerprint density at radius 2 is 2.00 bits per heavy atom. The molecular formula is C8H14O3. The molecule has 0 saturated carbocycles. The van der Waals surface area contributed by atoms with E-state index in [0.717, 1.165) is 12.8 Å². The molecule has 0 aliphatic heterocycles. The molecule has 0 aliphatic carbocycles. The molecule has 1 atom stereocenters. The molecule has 0 amide bonds. The Labute approximate surface area is 66.4 Å². The summed E-state index contributed by atoms with van der Waals surface area (Å²) in [5, 5.41) is 8.43. The summed E-state index contributed by atoms with van der Waals surface area (Å²) in [4.78, 5) is 21.2. The van der Waals surface area contributed by atoms with Crippen LogP contribution in [0.1, 0.15) is 33.1 Å². The van der Waals surface area contributed by atoms with Gasteiger partial charge in [-0.1, -0.05) is 13.3 Å². The third-order valence-corrected chi connectivity index (χ3v) is 1.63. The van der Waals surface area contributed by atoms with E-state index in [2.05, 4.69) is 0 Å². The number of aliphatic carboxylic acids is 1. The molecule has 11 heavy (non-hydrogen) atoms. The monoisotopic (exact) mass is 158 g/mol. The minimum Gasteiger partial charge on any atom is -0.481 e. The Morgan fingerprint density at radius 1 is 1.45 bits per heavy atom. The van der Waals surface area contributed by atoms with Gasteiger partial charge in [0, 0.05) is 6.42 Å². The van der Waals surface area contributed by atoms with Crippen molar-refractivity contribution >= 4 is 11.8 Å². The van der Waals surface area contributed by atoms with Gasteiger partial charge < -0.3 is 5.11 Å².